The highest BCUT2D eigenvalue weighted by atomic mass is 16.5. The van der Waals surface area contributed by atoms with Gasteiger partial charge in [-0.15, -0.1) is 0 Å². The first-order chi connectivity index (χ1) is 16.3. The lowest BCUT2D eigenvalue weighted by Crippen LogP contribution is -2.40. The summed E-state index contributed by atoms with van der Waals surface area (Å²) in [4.78, 5) is 53.4. The molecular weight excluding hydrogens is 430 g/mol. The quantitative estimate of drug-likeness (QED) is 0.295. The molecule has 2 aromatic carbocycles. The fraction of sp³-hybridized carbons (Fsp3) is 0.357. The normalized spacial score (nSPS) is 31.2. The fourth-order valence-corrected chi connectivity index (χ4v) is 6.22. The maximum Gasteiger partial charge on any atom is 0.338 e. The lowest BCUT2D eigenvalue weighted by molar-refractivity contribution is -0.124. The number of nitrogens with zero attached hydrogens (tertiary/aromatic N) is 1. The number of Topliss-reactive ketones (excluding diaryl/α,β-unsaturated/α-hetero) is 1. The molecule has 0 radical (unpaired) electrons. The summed E-state index contributed by atoms with van der Waals surface area (Å²) >= 11 is 0. The summed E-state index contributed by atoms with van der Waals surface area (Å²) in [5.41, 5.74) is 2.08. The van der Waals surface area contributed by atoms with Crippen molar-refractivity contribution in [3.63, 3.8) is 0 Å². The van der Waals surface area contributed by atoms with Crippen molar-refractivity contribution in [1.82, 2.24) is 0 Å². The lowest BCUT2D eigenvalue weighted by Gasteiger charge is -2.37. The summed E-state index contributed by atoms with van der Waals surface area (Å²) in [6.45, 7) is 3.47. The van der Waals surface area contributed by atoms with E-state index in [1.165, 1.54) is 17.9 Å². The Morgan fingerprint density at radius 2 is 1.53 bits per heavy atom. The van der Waals surface area contributed by atoms with Crippen LogP contribution in [0.1, 0.15) is 39.6 Å². The molecule has 2 saturated carbocycles. The van der Waals surface area contributed by atoms with E-state index in [0.29, 0.717) is 23.1 Å². The Labute approximate surface area is 197 Å². The molecule has 1 aliphatic heterocycles. The van der Waals surface area contributed by atoms with Gasteiger partial charge in [0.2, 0.25) is 17.6 Å². The van der Waals surface area contributed by atoms with E-state index in [0.717, 1.165) is 12.0 Å². The molecule has 0 N–H and O–H groups in total. The Morgan fingerprint density at radius 3 is 2.15 bits per heavy atom. The molecule has 0 spiro atoms. The van der Waals surface area contributed by atoms with Gasteiger partial charge in [0.1, 0.15) is 0 Å². The van der Waals surface area contributed by atoms with Crippen LogP contribution in [0, 0.1) is 42.4 Å². The highest BCUT2D eigenvalue weighted by molar-refractivity contribution is 6.23. The number of imide groups is 1. The molecule has 0 unspecified atom stereocenters. The number of hydrogen-bond acceptors (Lipinski definition) is 5. The average molecular weight is 456 g/mol. The largest absolute Gasteiger partial charge is 0.451 e. The Morgan fingerprint density at radius 1 is 0.912 bits per heavy atom. The van der Waals surface area contributed by atoms with Crippen molar-refractivity contribution in [2.75, 3.05) is 4.90 Å². The summed E-state index contributed by atoms with van der Waals surface area (Å²) in [5.74, 6) is -0.561. The molecule has 34 heavy (non-hydrogen) atoms. The first-order valence-electron chi connectivity index (χ1n) is 11.8. The number of allylic oxidation sites excluding steroid dienone is 2. The van der Waals surface area contributed by atoms with Crippen LogP contribution in [0.2, 0.25) is 0 Å². The number of anilines is 1. The van der Waals surface area contributed by atoms with Crippen LogP contribution in [-0.4, -0.2) is 29.7 Å². The van der Waals surface area contributed by atoms with Gasteiger partial charge in [-0.2, -0.15) is 0 Å². The van der Waals surface area contributed by atoms with Gasteiger partial charge in [0, 0.05) is 5.56 Å². The Balaban J connectivity index is 1.21. The van der Waals surface area contributed by atoms with Crippen molar-refractivity contribution in [3.8, 4) is 0 Å². The molecule has 5 aliphatic rings. The number of aryl methyl sites for hydroxylation is 1. The molecule has 0 aromatic heterocycles. The summed E-state index contributed by atoms with van der Waals surface area (Å²) in [6.07, 6.45) is 4.41. The maximum atomic E-state index is 13.3. The number of hydrogen-bond donors (Lipinski definition) is 0. The molecule has 2 amide bonds. The van der Waals surface area contributed by atoms with E-state index in [9.17, 15) is 19.2 Å². The minimum atomic E-state index is -0.967. The van der Waals surface area contributed by atoms with E-state index in [1.54, 1.807) is 30.3 Å². The SMILES string of the molecule is Cc1ccc(C(=O)[C@H](C)OC(=O)c2cccc(N3C(=O)[C@@H]4[C@H]5C=C[C@@H]([C@@H]6C[C@@H]56)[C@H]4C3=O)c2)cc1. The van der Waals surface area contributed by atoms with E-state index in [2.05, 4.69) is 12.2 Å². The number of carbonyl (C=O) groups excluding carboxylic acids is 4. The average Bonchev–Trinajstić information content (AvgIpc) is 3.62. The highest BCUT2D eigenvalue weighted by Crippen LogP contribution is 2.65. The third kappa shape index (κ3) is 3.08. The van der Waals surface area contributed by atoms with Crippen LogP contribution >= 0.6 is 0 Å². The van der Waals surface area contributed by atoms with Gasteiger partial charge in [-0.25, -0.2) is 9.69 Å². The number of rotatable bonds is 5. The highest BCUT2D eigenvalue weighted by Gasteiger charge is 2.67. The summed E-state index contributed by atoms with van der Waals surface area (Å²) in [5, 5.41) is 0. The van der Waals surface area contributed by atoms with Gasteiger partial charge in [-0.1, -0.05) is 48.0 Å². The second-order valence-corrected chi connectivity index (χ2v) is 9.99. The Kier molecular flexibility index (Phi) is 4.63. The van der Waals surface area contributed by atoms with Crippen molar-refractivity contribution < 1.29 is 23.9 Å². The minimum absolute atomic E-state index is 0.142. The number of ketones is 1. The van der Waals surface area contributed by atoms with Gasteiger partial charge in [0.25, 0.3) is 0 Å². The van der Waals surface area contributed by atoms with E-state index in [-0.39, 0.29) is 46.8 Å². The van der Waals surface area contributed by atoms with E-state index in [1.807, 2.05) is 19.1 Å². The molecule has 3 fully saturated rings. The second kappa shape index (κ2) is 7.49. The molecule has 7 rings (SSSR count). The monoisotopic (exact) mass is 455 g/mol. The number of amides is 2. The first kappa shape index (κ1) is 21.0. The number of carbonyl (C=O) groups is 4. The van der Waals surface area contributed by atoms with Crippen LogP contribution in [0.4, 0.5) is 5.69 Å². The zero-order valence-electron chi connectivity index (χ0n) is 19.0. The van der Waals surface area contributed by atoms with Crippen LogP contribution < -0.4 is 4.90 Å². The van der Waals surface area contributed by atoms with Crippen LogP contribution in [0.3, 0.4) is 0 Å². The van der Waals surface area contributed by atoms with Gasteiger partial charge in [0.05, 0.1) is 23.1 Å². The van der Waals surface area contributed by atoms with Gasteiger partial charge in [-0.3, -0.25) is 14.4 Å². The summed E-state index contributed by atoms with van der Waals surface area (Å²) < 4.78 is 5.43. The molecular formula is C28H25NO5. The van der Waals surface area contributed by atoms with Crippen LogP contribution in [0.25, 0.3) is 0 Å². The first-order valence-corrected chi connectivity index (χ1v) is 11.8. The molecule has 6 heteroatoms. The third-order valence-electron chi connectivity index (χ3n) is 7.99. The van der Waals surface area contributed by atoms with Gasteiger partial charge in [0.15, 0.2) is 6.10 Å². The van der Waals surface area contributed by atoms with E-state index >= 15 is 0 Å². The van der Waals surface area contributed by atoms with E-state index < -0.39 is 12.1 Å². The van der Waals surface area contributed by atoms with Gasteiger partial charge in [-0.05, 0) is 62.1 Å². The Bertz CT molecular complexity index is 1230. The molecule has 2 aromatic rings. The standard InChI is InChI=1S/C28H25NO5/c1-14-6-8-16(9-7-14)25(30)15(2)34-28(33)17-4-3-5-18(12-17)29-26(31)23-19-10-11-20(22-13-21(19)22)24(23)27(29)32/h3-12,15,19-24H,13H2,1-2H3/t15-,19-,20-,21-,22-,23+,24+/m0/s1. The maximum absolute atomic E-state index is 13.3. The molecule has 4 aliphatic carbocycles. The van der Waals surface area contributed by atoms with Crippen LogP contribution in [-0.2, 0) is 14.3 Å². The topological polar surface area (TPSA) is 80.8 Å². The van der Waals surface area contributed by atoms with Crippen molar-refractivity contribution in [1.29, 1.82) is 0 Å². The van der Waals surface area contributed by atoms with Crippen molar-refractivity contribution in [2.45, 2.75) is 26.4 Å². The molecule has 1 heterocycles. The predicted molar refractivity (Wildman–Crippen MR) is 124 cm³/mol. The van der Waals surface area contributed by atoms with Crippen molar-refractivity contribution >= 4 is 29.3 Å². The molecule has 2 bridgehead atoms. The fourth-order valence-electron chi connectivity index (χ4n) is 6.22. The minimum Gasteiger partial charge on any atom is -0.451 e. The number of ether oxygens (including phenoxy) is 1. The molecule has 172 valence electrons. The molecule has 1 saturated heterocycles. The second-order valence-electron chi connectivity index (χ2n) is 9.99. The van der Waals surface area contributed by atoms with Crippen molar-refractivity contribution in [3.05, 3.63) is 77.4 Å². The van der Waals surface area contributed by atoms with Gasteiger partial charge >= 0.3 is 5.97 Å². The zero-order chi connectivity index (χ0) is 23.7. The third-order valence-corrected chi connectivity index (χ3v) is 7.99. The summed E-state index contributed by atoms with van der Waals surface area (Å²) in [6, 6.07) is 13.4. The van der Waals surface area contributed by atoms with Gasteiger partial charge < -0.3 is 4.74 Å². The predicted octanol–water partition coefficient (Wildman–Crippen LogP) is 3.98. The van der Waals surface area contributed by atoms with E-state index in [4.69, 9.17) is 4.74 Å². The number of benzene rings is 2. The Hall–Kier alpha value is -3.54. The zero-order valence-corrected chi connectivity index (χ0v) is 19.0. The summed E-state index contributed by atoms with van der Waals surface area (Å²) in [7, 11) is 0. The molecule has 6 nitrogen and oxygen atoms in total. The molecule has 7 atom stereocenters. The lowest BCUT2D eigenvalue weighted by atomic mass is 9.63. The van der Waals surface area contributed by atoms with Crippen LogP contribution in [0.15, 0.2) is 60.7 Å². The van der Waals surface area contributed by atoms with Crippen LogP contribution in [0.5, 0.6) is 0 Å². The van der Waals surface area contributed by atoms with Crippen molar-refractivity contribution in [2.24, 2.45) is 35.5 Å². The smallest absolute Gasteiger partial charge is 0.338 e. The number of esters is 1.